The maximum absolute atomic E-state index is 5.54. The number of hydrogen-bond donors (Lipinski definition) is 0. The van der Waals surface area contributed by atoms with Gasteiger partial charge < -0.3 is 14.4 Å². The van der Waals surface area contributed by atoms with Gasteiger partial charge in [0, 0.05) is 32.5 Å². The smallest absolute Gasteiger partial charge is 0.233 e. The number of rotatable bonds is 6. The fraction of sp³-hybridized carbons (Fsp3) is 0.294. The summed E-state index contributed by atoms with van der Waals surface area (Å²) >= 11 is 0. The molecule has 0 amide bonds. The van der Waals surface area contributed by atoms with Crippen LogP contribution in [0.1, 0.15) is 0 Å². The Labute approximate surface area is 140 Å². The standard InChI is InChI=1S/C17H19N5O2/c1-22(2)13-6-4-12(5-7-13)15-16-17(20-11-19-15)18-10-14(21-16)24-9-8-23-3/h4-7,10-11H,8-9H2,1-3H3. The summed E-state index contributed by atoms with van der Waals surface area (Å²) in [6.07, 6.45) is 3.06. The van der Waals surface area contributed by atoms with Crippen molar-refractivity contribution in [1.82, 2.24) is 19.9 Å². The lowest BCUT2D eigenvalue weighted by atomic mass is 10.1. The first-order valence-corrected chi connectivity index (χ1v) is 7.56. The molecule has 0 saturated carbocycles. The molecule has 7 heteroatoms. The van der Waals surface area contributed by atoms with E-state index in [4.69, 9.17) is 9.47 Å². The van der Waals surface area contributed by atoms with Gasteiger partial charge in [-0.2, -0.15) is 0 Å². The van der Waals surface area contributed by atoms with E-state index in [0.717, 1.165) is 16.9 Å². The Bertz CT molecular complexity index is 821. The Morgan fingerprint density at radius 2 is 1.79 bits per heavy atom. The highest BCUT2D eigenvalue weighted by molar-refractivity contribution is 5.86. The molecule has 7 nitrogen and oxygen atoms in total. The number of methoxy groups -OCH3 is 1. The molecular weight excluding hydrogens is 306 g/mol. The van der Waals surface area contributed by atoms with Crippen LogP contribution in [0, 0.1) is 0 Å². The number of anilines is 1. The molecule has 3 aromatic rings. The lowest BCUT2D eigenvalue weighted by Gasteiger charge is -2.13. The molecule has 0 bridgehead atoms. The second-order valence-electron chi connectivity index (χ2n) is 5.39. The van der Waals surface area contributed by atoms with Crippen molar-refractivity contribution in [2.45, 2.75) is 0 Å². The SMILES string of the molecule is COCCOc1cnc2ncnc(-c3ccc(N(C)C)cc3)c2n1. The van der Waals surface area contributed by atoms with Crippen LogP contribution < -0.4 is 9.64 Å². The first-order chi connectivity index (χ1) is 11.7. The minimum Gasteiger partial charge on any atom is -0.474 e. The summed E-state index contributed by atoms with van der Waals surface area (Å²) in [5.74, 6) is 0.431. The molecule has 0 saturated heterocycles. The van der Waals surface area contributed by atoms with E-state index in [-0.39, 0.29) is 0 Å². The molecule has 0 spiro atoms. The topological polar surface area (TPSA) is 73.3 Å². The van der Waals surface area contributed by atoms with Crippen molar-refractivity contribution in [3.8, 4) is 17.1 Å². The van der Waals surface area contributed by atoms with Crippen LogP contribution in [0.2, 0.25) is 0 Å². The van der Waals surface area contributed by atoms with Crippen molar-refractivity contribution >= 4 is 16.9 Å². The van der Waals surface area contributed by atoms with Crippen LogP contribution in [0.4, 0.5) is 5.69 Å². The van der Waals surface area contributed by atoms with Gasteiger partial charge in [-0.15, -0.1) is 0 Å². The van der Waals surface area contributed by atoms with Gasteiger partial charge >= 0.3 is 0 Å². The summed E-state index contributed by atoms with van der Waals surface area (Å²) < 4.78 is 10.5. The Kier molecular flexibility index (Phi) is 4.81. The van der Waals surface area contributed by atoms with Crippen molar-refractivity contribution in [2.75, 3.05) is 39.3 Å². The highest BCUT2D eigenvalue weighted by Crippen LogP contribution is 2.26. The van der Waals surface area contributed by atoms with Crippen LogP contribution in [0.5, 0.6) is 5.88 Å². The van der Waals surface area contributed by atoms with Gasteiger partial charge in [0.15, 0.2) is 5.65 Å². The average Bonchev–Trinajstić information content (AvgIpc) is 2.61. The molecule has 124 valence electrons. The fourth-order valence-corrected chi connectivity index (χ4v) is 2.25. The maximum atomic E-state index is 5.54. The summed E-state index contributed by atoms with van der Waals surface area (Å²) in [7, 11) is 5.63. The molecule has 0 unspecified atom stereocenters. The normalized spacial score (nSPS) is 10.8. The van der Waals surface area contributed by atoms with Gasteiger partial charge in [0.2, 0.25) is 5.88 Å². The zero-order valence-electron chi connectivity index (χ0n) is 13.9. The van der Waals surface area contributed by atoms with Crippen LogP contribution in [0.15, 0.2) is 36.8 Å². The Morgan fingerprint density at radius 3 is 2.50 bits per heavy atom. The number of hydrogen-bond acceptors (Lipinski definition) is 7. The van der Waals surface area contributed by atoms with E-state index in [9.17, 15) is 0 Å². The van der Waals surface area contributed by atoms with Gasteiger partial charge in [-0.1, -0.05) is 12.1 Å². The summed E-state index contributed by atoms with van der Waals surface area (Å²) in [5, 5.41) is 0. The molecule has 0 N–H and O–H groups in total. The van der Waals surface area contributed by atoms with Crippen LogP contribution in [-0.4, -0.2) is 54.4 Å². The Morgan fingerprint density at radius 1 is 1.00 bits per heavy atom. The highest BCUT2D eigenvalue weighted by atomic mass is 16.5. The first kappa shape index (κ1) is 16.1. The zero-order valence-corrected chi connectivity index (χ0v) is 13.9. The van der Waals surface area contributed by atoms with Gasteiger partial charge in [-0.25, -0.2) is 19.9 Å². The van der Waals surface area contributed by atoms with E-state index < -0.39 is 0 Å². The Hall–Kier alpha value is -2.80. The average molecular weight is 325 g/mol. The molecule has 0 aliphatic carbocycles. The highest BCUT2D eigenvalue weighted by Gasteiger charge is 2.11. The molecule has 1 aromatic carbocycles. The molecule has 0 atom stereocenters. The van der Waals surface area contributed by atoms with Crippen molar-refractivity contribution < 1.29 is 9.47 Å². The predicted molar refractivity (Wildman–Crippen MR) is 92.3 cm³/mol. The molecule has 3 rings (SSSR count). The van der Waals surface area contributed by atoms with E-state index >= 15 is 0 Å². The molecule has 0 fully saturated rings. The molecular formula is C17H19N5O2. The van der Waals surface area contributed by atoms with E-state index in [1.807, 2.05) is 43.3 Å². The largest absolute Gasteiger partial charge is 0.474 e. The molecule has 0 aliphatic heterocycles. The van der Waals surface area contributed by atoms with Crippen molar-refractivity contribution in [3.05, 3.63) is 36.8 Å². The third-order valence-corrected chi connectivity index (χ3v) is 3.52. The first-order valence-electron chi connectivity index (χ1n) is 7.56. The predicted octanol–water partition coefficient (Wildman–Crippen LogP) is 2.18. The van der Waals surface area contributed by atoms with Gasteiger partial charge in [-0.3, -0.25) is 0 Å². The van der Waals surface area contributed by atoms with Crippen LogP contribution in [0.25, 0.3) is 22.4 Å². The monoisotopic (exact) mass is 325 g/mol. The van der Waals surface area contributed by atoms with Crippen LogP contribution in [0.3, 0.4) is 0 Å². The van der Waals surface area contributed by atoms with Crippen molar-refractivity contribution in [1.29, 1.82) is 0 Å². The number of nitrogens with zero attached hydrogens (tertiary/aromatic N) is 5. The zero-order chi connectivity index (χ0) is 16.9. The minimum atomic E-state index is 0.414. The van der Waals surface area contributed by atoms with E-state index in [1.54, 1.807) is 13.3 Å². The van der Waals surface area contributed by atoms with Crippen molar-refractivity contribution in [2.24, 2.45) is 0 Å². The van der Waals surface area contributed by atoms with Crippen LogP contribution >= 0.6 is 0 Å². The number of ether oxygens (including phenoxy) is 2. The molecule has 0 radical (unpaired) electrons. The van der Waals surface area contributed by atoms with Gasteiger partial charge in [0.1, 0.15) is 24.1 Å². The molecule has 24 heavy (non-hydrogen) atoms. The molecule has 0 aliphatic rings. The Balaban J connectivity index is 1.98. The third-order valence-electron chi connectivity index (χ3n) is 3.52. The minimum absolute atomic E-state index is 0.414. The lowest BCUT2D eigenvalue weighted by molar-refractivity contribution is 0.143. The van der Waals surface area contributed by atoms with Crippen LogP contribution in [-0.2, 0) is 4.74 Å². The summed E-state index contributed by atoms with van der Waals surface area (Å²) in [5.41, 5.74) is 3.96. The lowest BCUT2D eigenvalue weighted by Crippen LogP contribution is -2.08. The second-order valence-corrected chi connectivity index (χ2v) is 5.39. The number of benzene rings is 1. The van der Waals surface area contributed by atoms with Gasteiger partial charge in [0.25, 0.3) is 0 Å². The molecule has 2 heterocycles. The molecule has 2 aromatic heterocycles. The van der Waals surface area contributed by atoms with Gasteiger partial charge in [0.05, 0.1) is 12.8 Å². The summed E-state index contributed by atoms with van der Waals surface area (Å²) in [4.78, 5) is 19.4. The third kappa shape index (κ3) is 3.41. The summed E-state index contributed by atoms with van der Waals surface area (Å²) in [6.45, 7) is 0.904. The van der Waals surface area contributed by atoms with Gasteiger partial charge in [-0.05, 0) is 12.1 Å². The quantitative estimate of drug-likeness (QED) is 0.643. The van der Waals surface area contributed by atoms with E-state index in [2.05, 4.69) is 19.9 Å². The van der Waals surface area contributed by atoms with Crippen molar-refractivity contribution in [3.63, 3.8) is 0 Å². The number of aromatic nitrogens is 4. The fourth-order valence-electron chi connectivity index (χ4n) is 2.25. The second kappa shape index (κ2) is 7.18. The number of fused-ring (bicyclic) bond motifs is 1. The summed E-state index contributed by atoms with van der Waals surface area (Å²) in [6, 6.07) is 8.10. The maximum Gasteiger partial charge on any atom is 0.233 e. The van der Waals surface area contributed by atoms with E-state index in [1.165, 1.54) is 6.33 Å². The van der Waals surface area contributed by atoms with E-state index in [0.29, 0.717) is 30.3 Å².